The zero-order valence-corrected chi connectivity index (χ0v) is 15.5. The highest BCUT2D eigenvalue weighted by Crippen LogP contribution is 2.39. The highest BCUT2D eigenvalue weighted by Gasteiger charge is 2.25. The van der Waals surface area contributed by atoms with E-state index in [1.807, 2.05) is 12.3 Å². The van der Waals surface area contributed by atoms with Gasteiger partial charge in [-0.05, 0) is 56.0 Å². The Balaban J connectivity index is 1.44. The molecule has 0 unspecified atom stereocenters. The number of anilines is 3. The van der Waals surface area contributed by atoms with Crippen molar-refractivity contribution in [1.82, 2.24) is 9.97 Å². The number of nitrogens with two attached hydrogens (primary N) is 1. The molecule has 0 saturated heterocycles. The Bertz CT molecular complexity index is 943. The van der Waals surface area contributed by atoms with E-state index in [9.17, 15) is 0 Å². The van der Waals surface area contributed by atoms with Crippen molar-refractivity contribution in [3.05, 3.63) is 48.3 Å². The van der Waals surface area contributed by atoms with Crippen LogP contribution in [0.1, 0.15) is 50.1 Å². The molecular weight excluding hydrogens is 334 g/mol. The zero-order valence-electron chi connectivity index (χ0n) is 15.5. The van der Waals surface area contributed by atoms with Gasteiger partial charge in [0.05, 0.1) is 5.69 Å². The van der Waals surface area contributed by atoms with E-state index >= 15 is 0 Å². The third kappa shape index (κ3) is 3.52. The number of hydrogen-bond acceptors (Lipinski definition) is 4. The molecule has 2 atom stereocenters. The molecule has 0 spiro atoms. The van der Waals surface area contributed by atoms with Crippen LogP contribution in [0.3, 0.4) is 0 Å². The second-order valence-corrected chi connectivity index (χ2v) is 8.01. The molecule has 2 aliphatic rings. The molecule has 0 amide bonds. The van der Waals surface area contributed by atoms with Gasteiger partial charge in [-0.15, -0.1) is 0 Å². The highest BCUT2D eigenvalue weighted by atomic mass is 15.0. The number of fused-ring (bicyclic) bond motifs is 1. The third-order valence-electron chi connectivity index (χ3n) is 5.87. The van der Waals surface area contributed by atoms with Crippen LogP contribution in [-0.4, -0.2) is 22.1 Å². The lowest BCUT2D eigenvalue weighted by atomic mass is 9.91. The molecule has 2 fully saturated rings. The van der Waals surface area contributed by atoms with Crippen LogP contribution < -0.4 is 16.4 Å². The molecule has 5 N–H and O–H groups in total. The molecule has 2 aromatic heterocycles. The number of rotatable bonds is 5. The van der Waals surface area contributed by atoms with Crippen molar-refractivity contribution in [2.24, 2.45) is 5.73 Å². The number of H-pyrrole nitrogens is 1. The lowest BCUT2D eigenvalue weighted by Crippen LogP contribution is -2.42. The normalized spacial score (nSPS) is 22.7. The Kier molecular flexibility index (Phi) is 4.24. The Morgan fingerprint density at radius 2 is 1.93 bits per heavy atom. The number of nitrogens with zero attached hydrogens (tertiary/aromatic N) is 1. The molecule has 2 heterocycles. The van der Waals surface area contributed by atoms with Crippen LogP contribution in [0.5, 0.6) is 0 Å². The van der Waals surface area contributed by atoms with Gasteiger partial charge in [0, 0.05) is 46.5 Å². The molecule has 1 aromatic carbocycles. The average molecular weight is 361 g/mol. The van der Waals surface area contributed by atoms with Gasteiger partial charge in [-0.3, -0.25) is 0 Å². The van der Waals surface area contributed by atoms with Gasteiger partial charge in [0.15, 0.2) is 0 Å². The molecule has 5 nitrogen and oxygen atoms in total. The summed E-state index contributed by atoms with van der Waals surface area (Å²) in [6, 6.07) is 13.3. The minimum atomic E-state index is 0.228. The third-order valence-corrected chi connectivity index (χ3v) is 5.87. The number of aromatic amines is 1. The summed E-state index contributed by atoms with van der Waals surface area (Å²) in [7, 11) is 0. The average Bonchev–Trinajstić information content (AvgIpc) is 3.42. The van der Waals surface area contributed by atoms with Gasteiger partial charge >= 0.3 is 0 Å². The van der Waals surface area contributed by atoms with Crippen LogP contribution in [0.15, 0.2) is 42.6 Å². The molecule has 27 heavy (non-hydrogen) atoms. The van der Waals surface area contributed by atoms with Crippen molar-refractivity contribution in [3.8, 4) is 0 Å². The first-order valence-electron chi connectivity index (χ1n) is 10.1. The Morgan fingerprint density at radius 1 is 1.04 bits per heavy atom. The topological polar surface area (TPSA) is 78.8 Å². The molecule has 2 aliphatic carbocycles. The second-order valence-electron chi connectivity index (χ2n) is 8.01. The molecular formula is C22H27N5. The fourth-order valence-corrected chi connectivity index (χ4v) is 4.17. The van der Waals surface area contributed by atoms with Crippen LogP contribution in [0.25, 0.3) is 10.9 Å². The summed E-state index contributed by atoms with van der Waals surface area (Å²) in [6.07, 6.45) is 9.24. The van der Waals surface area contributed by atoms with E-state index in [0.29, 0.717) is 12.0 Å². The molecule has 5 rings (SSSR count). The Labute approximate surface area is 159 Å². The number of benzene rings is 1. The second kappa shape index (κ2) is 6.89. The molecule has 2 saturated carbocycles. The van der Waals surface area contributed by atoms with E-state index in [-0.39, 0.29) is 6.04 Å². The summed E-state index contributed by atoms with van der Waals surface area (Å²) in [5, 5.41) is 8.39. The van der Waals surface area contributed by atoms with Gasteiger partial charge in [0.1, 0.15) is 5.82 Å². The van der Waals surface area contributed by atoms with Crippen LogP contribution >= 0.6 is 0 Å². The van der Waals surface area contributed by atoms with Gasteiger partial charge in [-0.1, -0.05) is 18.9 Å². The van der Waals surface area contributed by atoms with E-state index in [1.165, 1.54) is 36.8 Å². The summed E-state index contributed by atoms with van der Waals surface area (Å²) in [5.74, 6) is 1.56. The fourth-order valence-electron chi connectivity index (χ4n) is 4.17. The Hall–Kier alpha value is -2.53. The van der Waals surface area contributed by atoms with Crippen molar-refractivity contribution in [1.29, 1.82) is 0 Å². The van der Waals surface area contributed by atoms with Crippen LogP contribution in [-0.2, 0) is 0 Å². The maximum atomic E-state index is 6.34. The largest absolute Gasteiger partial charge is 0.381 e. The maximum Gasteiger partial charge on any atom is 0.130 e. The van der Waals surface area contributed by atoms with Gasteiger partial charge in [-0.25, -0.2) is 4.98 Å². The predicted molar refractivity (Wildman–Crippen MR) is 112 cm³/mol. The zero-order chi connectivity index (χ0) is 18.2. The number of nitrogens with one attached hydrogen (secondary N) is 3. The van der Waals surface area contributed by atoms with E-state index in [2.05, 4.69) is 45.9 Å². The van der Waals surface area contributed by atoms with Crippen molar-refractivity contribution in [2.45, 2.75) is 56.5 Å². The van der Waals surface area contributed by atoms with E-state index in [1.54, 1.807) is 0 Å². The summed E-state index contributed by atoms with van der Waals surface area (Å²) in [6.45, 7) is 0. The fraction of sp³-hybridized carbons (Fsp3) is 0.409. The number of aromatic nitrogens is 2. The molecule has 5 heteroatoms. The van der Waals surface area contributed by atoms with E-state index in [4.69, 9.17) is 10.7 Å². The summed E-state index contributed by atoms with van der Waals surface area (Å²) < 4.78 is 0. The van der Waals surface area contributed by atoms with E-state index < -0.39 is 0 Å². The van der Waals surface area contributed by atoms with Crippen LogP contribution in [0.2, 0.25) is 0 Å². The van der Waals surface area contributed by atoms with Gasteiger partial charge < -0.3 is 21.4 Å². The molecule has 0 bridgehead atoms. The van der Waals surface area contributed by atoms with Gasteiger partial charge in [0.2, 0.25) is 0 Å². The van der Waals surface area contributed by atoms with Crippen molar-refractivity contribution in [2.75, 3.05) is 10.6 Å². The molecule has 3 aromatic rings. The highest BCUT2D eigenvalue weighted by molar-refractivity contribution is 5.96. The summed E-state index contributed by atoms with van der Waals surface area (Å²) in [5.41, 5.74) is 10.8. The summed E-state index contributed by atoms with van der Waals surface area (Å²) >= 11 is 0. The summed E-state index contributed by atoms with van der Waals surface area (Å²) in [4.78, 5) is 8.16. The quantitative estimate of drug-likeness (QED) is 0.523. The van der Waals surface area contributed by atoms with Crippen molar-refractivity contribution in [3.63, 3.8) is 0 Å². The minimum Gasteiger partial charge on any atom is -0.381 e. The lowest BCUT2D eigenvalue weighted by molar-refractivity contribution is 0.404. The SMILES string of the molecule is N[C@H]1CCCC[C@H]1Nc1cc(Nc2cccc(C3CC3)n2)c2cc[nH]c2c1. The first kappa shape index (κ1) is 16.6. The van der Waals surface area contributed by atoms with Crippen molar-refractivity contribution < 1.29 is 0 Å². The number of hydrogen-bond donors (Lipinski definition) is 4. The number of pyridine rings is 1. The first-order chi connectivity index (χ1) is 13.3. The standard InChI is InChI=1S/C22H27N5/c23-17-4-1-2-5-19(17)25-15-12-20-16(10-11-24-20)21(13-15)27-22-7-3-6-18(26-22)14-8-9-14/h3,6-7,10-14,17,19,24-25H,1-2,4-5,8-9,23H2,(H,26,27)/t17-,19+/m0/s1. The van der Waals surface area contributed by atoms with Gasteiger partial charge in [-0.2, -0.15) is 0 Å². The Morgan fingerprint density at radius 3 is 2.78 bits per heavy atom. The van der Waals surface area contributed by atoms with Crippen LogP contribution in [0, 0.1) is 0 Å². The first-order valence-corrected chi connectivity index (χ1v) is 10.1. The molecule has 0 radical (unpaired) electrons. The predicted octanol–water partition coefficient (Wildman–Crippen LogP) is 4.87. The van der Waals surface area contributed by atoms with Crippen molar-refractivity contribution >= 4 is 28.1 Å². The minimum absolute atomic E-state index is 0.228. The molecule has 140 valence electrons. The monoisotopic (exact) mass is 361 g/mol. The maximum absolute atomic E-state index is 6.34. The lowest BCUT2D eigenvalue weighted by Gasteiger charge is -2.30. The van der Waals surface area contributed by atoms with Gasteiger partial charge in [0.25, 0.3) is 0 Å². The van der Waals surface area contributed by atoms with Crippen LogP contribution in [0.4, 0.5) is 17.2 Å². The smallest absolute Gasteiger partial charge is 0.130 e. The molecule has 0 aliphatic heterocycles. The van der Waals surface area contributed by atoms with E-state index in [0.717, 1.165) is 35.6 Å².